The van der Waals surface area contributed by atoms with Crippen LogP contribution in [0, 0.1) is 17.6 Å². The summed E-state index contributed by atoms with van der Waals surface area (Å²) >= 11 is 0. The molecule has 0 radical (unpaired) electrons. The molecule has 1 aliphatic rings. The van der Waals surface area contributed by atoms with Crippen LogP contribution >= 0.6 is 0 Å². The summed E-state index contributed by atoms with van der Waals surface area (Å²) in [5.41, 5.74) is 0.315. The van der Waals surface area contributed by atoms with Crippen molar-refractivity contribution in [2.75, 3.05) is 20.1 Å². The highest BCUT2D eigenvalue weighted by Gasteiger charge is 2.45. The van der Waals surface area contributed by atoms with E-state index in [1.807, 2.05) is 7.05 Å². The zero-order valence-electron chi connectivity index (χ0n) is 10.9. The largest absolute Gasteiger partial charge is 0.356 e. The van der Waals surface area contributed by atoms with E-state index in [0.29, 0.717) is 18.5 Å². The fourth-order valence-electron chi connectivity index (χ4n) is 2.24. The highest BCUT2D eigenvalue weighted by Crippen LogP contribution is 2.48. The van der Waals surface area contributed by atoms with E-state index < -0.39 is 11.6 Å². The highest BCUT2D eigenvalue weighted by atomic mass is 19.2. The molecular formula is C14H18F2N2O. The van der Waals surface area contributed by atoms with Crippen molar-refractivity contribution < 1.29 is 13.6 Å². The quantitative estimate of drug-likeness (QED) is 0.772. The molecule has 2 atom stereocenters. The molecule has 104 valence electrons. The van der Waals surface area contributed by atoms with Gasteiger partial charge >= 0.3 is 0 Å². The first-order chi connectivity index (χ1) is 9.15. The third kappa shape index (κ3) is 3.29. The molecule has 0 bridgehead atoms. The number of carbonyl (C=O) groups is 1. The lowest BCUT2D eigenvalue weighted by Gasteiger charge is -2.05. The molecule has 0 spiro atoms. The van der Waals surface area contributed by atoms with Gasteiger partial charge in [-0.1, -0.05) is 12.1 Å². The maximum atomic E-state index is 13.6. The van der Waals surface area contributed by atoms with Gasteiger partial charge in [0, 0.05) is 12.5 Å². The normalized spacial score (nSPS) is 21.2. The van der Waals surface area contributed by atoms with E-state index in [9.17, 15) is 13.6 Å². The molecule has 0 aliphatic heterocycles. The van der Waals surface area contributed by atoms with Crippen molar-refractivity contribution in [2.24, 2.45) is 5.92 Å². The second kappa shape index (κ2) is 6.10. The second-order valence-electron chi connectivity index (χ2n) is 4.84. The smallest absolute Gasteiger partial charge is 0.223 e. The summed E-state index contributed by atoms with van der Waals surface area (Å²) in [6.45, 7) is 1.45. The summed E-state index contributed by atoms with van der Waals surface area (Å²) in [4.78, 5) is 11.8. The molecule has 2 rings (SSSR count). The Morgan fingerprint density at radius 1 is 1.37 bits per heavy atom. The number of carbonyl (C=O) groups excluding carboxylic acids is 1. The van der Waals surface area contributed by atoms with Crippen molar-refractivity contribution >= 4 is 5.91 Å². The van der Waals surface area contributed by atoms with Crippen molar-refractivity contribution in [3.8, 4) is 0 Å². The lowest BCUT2D eigenvalue weighted by Crippen LogP contribution is -2.28. The van der Waals surface area contributed by atoms with Gasteiger partial charge in [-0.3, -0.25) is 4.79 Å². The summed E-state index contributed by atoms with van der Waals surface area (Å²) in [5, 5.41) is 5.81. The van der Waals surface area contributed by atoms with E-state index in [1.165, 1.54) is 6.07 Å². The molecule has 3 nitrogen and oxygen atoms in total. The topological polar surface area (TPSA) is 41.1 Å². The van der Waals surface area contributed by atoms with Gasteiger partial charge in [0.1, 0.15) is 0 Å². The van der Waals surface area contributed by atoms with Crippen LogP contribution in [0.1, 0.15) is 24.3 Å². The minimum Gasteiger partial charge on any atom is -0.356 e. The summed E-state index contributed by atoms with van der Waals surface area (Å²) in [6.07, 6.45) is 1.45. The second-order valence-corrected chi connectivity index (χ2v) is 4.84. The monoisotopic (exact) mass is 268 g/mol. The first-order valence-corrected chi connectivity index (χ1v) is 6.51. The summed E-state index contributed by atoms with van der Waals surface area (Å²) in [6, 6.07) is 4.12. The molecule has 1 aromatic carbocycles. The Bertz CT molecular complexity index is 465. The lowest BCUT2D eigenvalue weighted by atomic mass is 10.1. The van der Waals surface area contributed by atoms with E-state index >= 15 is 0 Å². The molecule has 5 heteroatoms. The van der Waals surface area contributed by atoms with Crippen molar-refractivity contribution in [1.29, 1.82) is 0 Å². The molecule has 0 saturated heterocycles. The third-order valence-corrected chi connectivity index (χ3v) is 3.41. The molecule has 1 saturated carbocycles. The van der Waals surface area contributed by atoms with Crippen LogP contribution in [0.25, 0.3) is 0 Å². The number of hydrogen-bond donors (Lipinski definition) is 2. The van der Waals surface area contributed by atoms with Crippen LogP contribution < -0.4 is 10.6 Å². The fraction of sp³-hybridized carbons (Fsp3) is 0.500. The maximum Gasteiger partial charge on any atom is 0.223 e. The van der Waals surface area contributed by atoms with Crippen LogP contribution in [0.15, 0.2) is 18.2 Å². The molecule has 1 aromatic rings. The predicted octanol–water partition coefficient (Wildman–Crippen LogP) is 1.79. The van der Waals surface area contributed by atoms with E-state index in [2.05, 4.69) is 10.6 Å². The summed E-state index contributed by atoms with van der Waals surface area (Å²) in [5.74, 6) is -2.13. The minimum atomic E-state index is -0.849. The van der Waals surface area contributed by atoms with Gasteiger partial charge in [0.05, 0.1) is 0 Å². The van der Waals surface area contributed by atoms with Gasteiger partial charge < -0.3 is 10.6 Å². The first-order valence-electron chi connectivity index (χ1n) is 6.51. The number of nitrogens with one attached hydrogen (secondary N) is 2. The van der Waals surface area contributed by atoms with Crippen LogP contribution in [-0.4, -0.2) is 26.0 Å². The zero-order valence-corrected chi connectivity index (χ0v) is 10.9. The first kappa shape index (κ1) is 13.9. The molecular weight excluding hydrogens is 250 g/mol. The molecule has 2 N–H and O–H groups in total. The molecule has 2 unspecified atom stereocenters. The van der Waals surface area contributed by atoms with Crippen molar-refractivity contribution in [1.82, 2.24) is 10.6 Å². The third-order valence-electron chi connectivity index (χ3n) is 3.41. The van der Waals surface area contributed by atoms with Crippen LogP contribution in [0.2, 0.25) is 0 Å². The fourth-order valence-corrected chi connectivity index (χ4v) is 2.24. The number of rotatable bonds is 6. The van der Waals surface area contributed by atoms with Crippen LogP contribution in [0.3, 0.4) is 0 Å². The number of hydrogen-bond acceptors (Lipinski definition) is 2. The average molecular weight is 268 g/mol. The van der Waals surface area contributed by atoms with Gasteiger partial charge in [-0.25, -0.2) is 8.78 Å². The molecule has 1 amide bonds. The van der Waals surface area contributed by atoms with Gasteiger partial charge in [-0.05, 0) is 44.0 Å². The zero-order chi connectivity index (χ0) is 13.8. The standard InChI is InChI=1S/C14H18F2N2O/c1-17-6-3-7-18-14(19)11-8-10(11)9-4-2-5-12(15)13(9)16/h2,4-5,10-11,17H,3,6-8H2,1H3,(H,18,19). The molecule has 0 aromatic heterocycles. The number of benzene rings is 1. The summed E-state index contributed by atoms with van der Waals surface area (Å²) in [7, 11) is 1.85. The van der Waals surface area contributed by atoms with Gasteiger partial charge in [-0.15, -0.1) is 0 Å². The maximum absolute atomic E-state index is 13.6. The van der Waals surface area contributed by atoms with Crippen LogP contribution in [-0.2, 0) is 4.79 Å². The van der Waals surface area contributed by atoms with Gasteiger partial charge in [0.25, 0.3) is 0 Å². The molecule has 1 aliphatic carbocycles. The SMILES string of the molecule is CNCCCNC(=O)C1CC1c1cccc(F)c1F. The van der Waals surface area contributed by atoms with E-state index in [1.54, 1.807) is 6.07 Å². The van der Waals surface area contributed by atoms with Crippen molar-refractivity contribution in [3.63, 3.8) is 0 Å². The van der Waals surface area contributed by atoms with Crippen molar-refractivity contribution in [2.45, 2.75) is 18.8 Å². The average Bonchev–Trinajstić information content (AvgIpc) is 3.18. The Labute approximate surface area is 111 Å². The Hall–Kier alpha value is -1.49. The number of amides is 1. The number of halogens is 2. The van der Waals surface area contributed by atoms with Gasteiger partial charge in [-0.2, -0.15) is 0 Å². The Morgan fingerprint density at radius 2 is 2.16 bits per heavy atom. The van der Waals surface area contributed by atoms with Crippen LogP contribution in [0.5, 0.6) is 0 Å². The highest BCUT2D eigenvalue weighted by molar-refractivity contribution is 5.82. The Balaban J connectivity index is 1.86. The molecule has 1 fully saturated rings. The Morgan fingerprint density at radius 3 is 2.89 bits per heavy atom. The van der Waals surface area contributed by atoms with Gasteiger partial charge in [0.2, 0.25) is 5.91 Å². The lowest BCUT2D eigenvalue weighted by molar-refractivity contribution is -0.122. The van der Waals surface area contributed by atoms with Crippen molar-refractivity contribution in [3.05, 3.63) is 35.4 Å². The van der Waals surface area contributed by atoms with Crippen LogP contribution in [0.4, 0.5) is 8.78 Å². The summed E-state index contributed by atoms with van der Waals surface area (Å²) < 4.78 is 26.7. The Kier molecular flexibility index (Phi) is 4.47. The van der Waals surface area contributed by atoms with Gasteiger partial charge in [0.15, 0.2) is 11.6 Å². The van der Waals surface area contributed by atoms with E-state index in [-0.39, 0.29) is 17.7 Å². The molecule has 0 heterocycles. The van der Waals surface area contributed by atoms with E-state index in [0.717, 1.165) is 19.0 Å². The molecule has 19 heavy (non-hydrogen) atoms. The minimum absolute atomic E-state index is 0.0650. The van der Waals surface area contributed by atoms with E-state index in [4.69, 9.17) is 0 Å². The predicted molar refractivity (Wildman–Crippen MR) is 68.8 cm³/mol.